The number of aliphatic hydroxyl groups excluding tert-OH is 2. The molecule has 21 heteroatoms. The number of benzene rings is 8. The van der Waals surface area contributed by atoms with Crippen molar-refractivity contribution in [3.63, 3.8) is 0 Å². The van der Waals surface area contributed by atoms with Crippen molar-refractivity contribution in [2.75, 3.05) is 10.6 Å². The molecule has 0 radical (unpaired) electrons. The van der Waals surface area contributed by atoms with Gasteiger partial charge in [-0.05, 0) is 162 Å². The van der Waals surface area contributed by atoms with Crippen molar-refractivity contribution >= 4 is 161 Å². The minimum Gasteiger partial charge on any atom is -0.0622 e. The Kier molecular flexibility index (Phi) is 27.0. The van der Waals surface area contributed by atoms with E-state index in [0.29, 0.717) is 17.5 Å². The molecule has 2 aliphatic rings. The number of nitrogens with zero attached hydrogens (tertiary/aromatic N) is 6. The number of aromatic nitrogens is 6. The number of hydrogen-bond acceptors (Lipinski definition) is 12. The molecule has 16 rings (SSSR count). The fraction of sp³-hybridized carbons (Fsp3) is 0.158. The first-order chi connectivity index (χ1) is 47.6. The van der Waals surface area contributed by atoms with Crippen LogP contribution in [0.15, 0.2) is 283 Å². The monoisotopic (exact) mass is 1550 g/mol. The van der Waals surface area contributed by atoms with Crippen molar-refractivity contribution in [3.8, 4) is 11.3 Å². The molecule has 0 spiro atoms. The molecule has 0 atom stereocenters. The van der Waals surface area contributed by atoms with Crippen molar-refractivity contribution < 1.29 is 36.2 Å². The molecule has 12 nitrogen and oxygen atoms in total. The first-order valence-corrected chi connectivity index (χ1v) is 41.1. The third kappa shape index (κ3) is 19.7. The average Bonchev–Trinajstić information content (AvgIpc) is 1.63. The van der Waals surface area contributed by atoms with E-state index in [1.54, 1.807) is 27.4 Å². The molecule has 2 fully saturated rings. The number of halogens is 3. The van der Waals surface area contributed by atoms with E-state index in [4.69, 9.17) is 34.2 Å². The normalized spacial score (nSPS) is 15.7. The number of fused-ring (bicyclic) bond motifs is 4. The molecular formula is C76H72BBrCl2N8O4P2PdS2. The van der Waals surface area contributed by atoms with Gasteiger partial charge in [0, 0.05) is 43.3 Å². The van der Waals surface area contributed by atoms with Crippen LogP contribution in [0.5, 0.6) is 0 Å². The first-order valence-electron chi connectivity index (χ1n) is 31.9. The van der Waals surface area contributed by atoms with Gasteiger partial charge in [-0.3, -0.25) is 0 Å². The van der Waals surface area contributed by atoms with Crippen LogP contribution in [0.25, 0.3) is 42.7 Å². The molecule has 0 saturated heterocycles. The van der Waals surface area contributed by atoms with E-state index in [1.165, 1.54) is 58.8 Å². The first kappa shape index (κ1) is 71.3. The van der Waals surface area contributed by atoms with Crippen LogP contribution >= 0.6 is 73.5 Å². The fourth-order valence-corrected chi connectivity index (χ4v) is 18.5. The number of thiophene rings is 2. The Labute approximate surface area is 601 Å². The van der Waals surface area contributed by atoms with E-state index in [-0.39, 0.29) is 28.1 Å². The summed E-state index contributed by atoms with van der Waals surface area (Å²) >= 11 is 6.57. The second-order valence-electron chi connectivity index (χ2n) is 22.9. The molecular weight excluding hydrogens is 1480 g/mol. The van der Waals surface area contributed by atoms with Crippen LogP contribution in [0, 0.1) is 0 Å². The molecule has 2 saturated carbocycles. The van der Waals surface area contributed by atoms with Gasteiger partial charge in [0.05, 0.1) is 30.3 Å². The van der Waals surface area contributed by atoms with Crippen molar-refractivity contribution in [1.29, 1.82) is 0 Å². The Hall–Kier alpha value is -6.99. The maximum atomic E-state index is 9.68. The van der Waals surface area contributed by atoms with Crippen LogP contribution < -0.4 is 47.9 Å². The summed E-state index contributed by atoms with van der Waals surface area (Å²) in [5.74, 6) is 1.71. The van der Waals surface area contributed by atoms with Gasteiger partial charge < -0.3 is 30.9 Å². The van der Waals surface area contributed by atoms with Crippen LogP contribution in [0.2, 0.25) is 0 Å². The number of aliphatic hydroxyl groups is 2. The summed E-state index contributed by atoms with van der Waals surface area (Å²) in [6.45, 7) is 0. The molecule has 0 unspecified atom stereocenters. The largest absolute Gasteiger partial charge is 0.0622 e. The van der Waals surface area contributed by atoms with Crippen LogP contribution in [0.4, 0.5) is 11.6 Å². The van der Waals surface area contributed by atoms with Gasteiger partial charge >= 0.3 is 42.1 Å². The molecule has 2 aliphatic carbocycles. The van der Waals surface area contributed by atoms with Crippen molar-refractivity contribution in [2.45, 2.75) is 75.7 Å². The van der Waals surface area contributed by atoms with Crippen LogP contribution in [0.1, 0.15) is 51.4 Å². The molecule has 496 valence electrons. The van der Waals surface area contributed by atoms with Gasteiger partial charge in [-0.1, -0.05) is 218 Å². The molecule has 0 amide bonds. The molecule has 6 heterocycles. The number of imidazole rings is 2. The summed E-state index contributed by atoms with van der Waals surface area (Å²) in [5.41, 5.74) is 4.45. The van der Waals surface area contributed by atoms with Gasteiger partial charge in [0.25, 0.3) is 0 Å². The van der Waals surface area contributed by atoms with Crippen molar-refractivity contribution in [1.82, 2.24) is 29.2 Å². The second kappa shape index (κ2) is 36.7. The maximum Gasteiger partial charge on any atom is -0.0134 e. The molecule has 97 heavy (non-hydrogen) atoms. The summed E-state index contributed by atoms with van der Waals surface area (Å²) in [7, 11) is 7.38. The minimum atomic E-state index is -1.36. The zero-order chi connectivity index (χ0) is 67.1. The van der Waals surface area contributed by atoms with E-state index in [2.05, 4.69) is 253 Å². The van der Waals surface area contributed by atoms with Gasteiger partial charge in [0.1, 0.15) is 16.2 Å². The standard InChI is InChI=1S/C20H20N4OS.2C18H15P.C12H15BrN4O.C8H7BO2S.2ClH.Pd/c25-14-7-5-13(6-8-14)22-19-9-10-20-21-11-17(24(20)23-19)16-12-26-18-4-2-1-3-15(16)18;2*1-4-10-16(11-5-1)19(17-12-6-2-7-13-17)18-14-8-3-9-15-18;13-10-7-14-12-6-5-11(16-17(10)12)15-8-1-3-9(18)4-2-8;10-9(11)7-5-12-8-4-2-1-3-6(7)8;;;/h1-4,9-14,25H,5-8H2,(H,22,23);2*1-15H;5-9,18H,1-4H2,(H,15,16);1-5,10-11H;2*1H;/q;;;;;;;+2/p-2. The smallest absolute Gasteiger partial charge is 0.0134 e. The predicted molar refractivity (Wildman–Crippen MR) is 412 cm³/mol. The zero-order valence-corrected chi connectivity index (χ0v) is 60.8. The van der Waals surface area contributed by atoms with Crippen LogP contribution in [0.3, 0.4) is 0 Å². The van der Waals surface area contributed by atoms with Gasteiger partial charge in [0.15, 0.2) is 11.3 Å². The van der Waals surface area contributed by atoms with E-state index in [0.717, 1.165) is 94.7 Å². The average molecular weight is 1560 g/mol. The topological polar surface area (TPSA) is 165 Å². The number of anilines is 2. The van der Waals surface area contributed by atoms with Crippen molar-refractivity contribution in [3.05, 3.63) is 283 Å². The zero-order valence-electron chi connectivity index (χ0n) is 52.7. The van der Waals surface area contributed by atoms with E-state index in [1.807, 2.05) is 59.2 Å². The third-order valence-corrected chi connectivity index (χ3v) is 23.8. The summed E-state index contributed by atoms with van der Waals surface area (Å²) in [6, 6.07) is 89.4. The maximum absolute atomic E-state index is 9.68. The third-order valence-electron chi connectivity index (χ3n) is 16.4. The Balaban J connectivity index is 0.000000124. The second-order valence-corrected chi connectivity index (χ2v) is 32.4. The Morgan fingerprint density at radius 3 is 1.19 bits per heavy atom. The SMILES string of the molecule is OB(O)c1csc2ccccc12.OC1CCC(Nc2ccc3ncc(-c4csc5ccccc45)n3n2)CC1.OC1CCC(Nc2ccc3ncc(Br)n3n2)CC1.[Cl][Pd][Cl].c1ccc(P(c2ccccc2)c2ccccc2)cc1.c1ccc(P(c2ccccc2)c2ccccc2)cc1. The molecule has 0 bridgehead atoms. The molecule has 6 aromatic heterocycles. The van der Waals surface area contributed by atoms with Gasteiger partial charge in [-0.2, -0.15) is 0 Å². The van der Waals surface area contributed by atoms with E-state index < -0.39 is 23.0 Å². The summed E-state index contributed by atoms with van der Waals surface area (Å²) < 4.78 is 6.89. The van der Waals surface area contributed by atoms with Crippen molar-refractivity contribution in [2.24, 2.45) is 0 Å². The molecule has 8 aromatic carbocycles. The number of nitrogens with one attached hydrogen (secondary N) is 2. The summed E-state index contributed by atoms with van der Waals surface area (Å²) in [5, 5.41) is 67.8. The van der Waals surface area contributed by atoms with Gasteiger partial charge in [0.2, 0.25) is 0 Å². The number of rotatable bonds is 12. The number of hydrogen-bond donors (Lipinski definition) is 6. The van der Waals surface area contributed by atoms with E-state index >= 15 is 0 Å². The quantitative estimate of drug-likeness (QED) is 0.0512. The molecule has 14 aromatic rings. The van der Waals surface area contributed by atoms with Crippen LogP contribution in [-0.2, 0) is 15.9 Å². The van der Waals surface area contributed by atoms with E-state index in [9.17, 15) is 10.2 Å². The Morgan fingerprint density at radius 2 is 0.773 bits per heavy atom. The van der Waals surface area contributed by atoms with Gasteiger partial charge in [-0.15, -0.1) is 32.9 Å². The van der Waals surface area contributed by atoms with Gasteiger partial charge in [-0.25, -0.2) is 19.0 Å². The van der Waals surface area contributed by atoms with Crippen LogP contribution in [-0.4, -0.2) is 80.9 Å². The fourth-order valence-electron chi connectivity index (χ4n) is 11.6. The minimum absolute atomic E-state index is 0.106. The molecule has 0 aliphatic heterocycles. The molecule has 6 N–H and O–H groups in total. The predicted octanol–water partition coefficient (Wildman–Crippen LogP) is 15.4. The Morgan fingerprint density at radius 1 is 0.433 bits per heavy atom. The summed E-state index contributed by atoms with van der Waals surface area (Å²) in [4.78, 5) is 8.73. The summed E-state index contributed by atoms with van der Waals surface area (Å²) in [6.07, 6.45) is 10.8. The Bertz CT molecular complexity index is 4340.